The Morgan fingerprint density at radius 2 is 1.72 bits per heavy atom. The molecule has 2 amide bonds. The van der Waals surface area contributed by atoms with Crippen LogP contribution in [0.4, 0.5) is 4.79 Å². The van der Waals surface area contributed by atoms with E-state index >= 15 is 0 Å². The first-order valence-electron chi connectivity index (χ1n) is 6.78. The maximum atomic E-state index is 11.9. The van der Waals surface area contributed by atoms with Crippen LogP contribution in [0.15, 0.2) is 25.3 Å². The molecule has 0 aromatic heterocycles. The van der Waals surface area contributed by atoms with Crippen molar-refractivity contribution >= 4 is 6.03 Å². The molecule has 0 aliphatic heterocycles. The van der Waals surface area contributed by atoms with Crippen LogP contribution in [0, 0.1) is 5.92 Å². The van der Waals surface area contributed by atoms with E-state index in [2.05, 4.69) is 39.2 Å². The monoisotopic (exact) mass is 252 g/mol. The van der Waals surface area contributed by atoms with E-state index in [9.17, 15) is 4.79 Å². The van der Waals surface area contributed by atoms with Gasteiger partial charge in [0.1, 0.15) is 0 Å². The van der Waals surface area contributed by atoms with Crippen molar-refractivity contribution in [3.63, 3.8) is 0 Å². The molecule has 0 radical (unpaired) electrons. The molecule has 0 saturated heterocycles. The van der Waals surface area contributed by atoms with Gasteiger partial charge in [-0.15, -0.1) is 13.2 Å². The highest BCUT2D eigenvalue weighted by molar-refractivity contribution is 5.74. The molecule has 3 nitrogen and oxygen atoms in total. The van der Waals surface area contributed by atoms with Crippen molar-refractivity contribution in [2.75, 3.05) is 13.1 Å². The molecule has 1 atom stereocenters. The van der Waals surface area contributed by atoms with Crippen LogP contribution in [0.25, 0.3) is 0 Å². The van der Waals surface area contributed by atoms with Crippen LogP contribution < -0.4 is 5.32 Å². The Labute approximate surface area is 112 Å². The van der Waals surface area contributed by atoms with E-state index in [1.807, 2.05) is 0 Å². The molecule has 0 aliphatic rings. The van der Waals surface area contributed by atoms with Gasteiger partial charge in [0, 0.05) is 19.1 Å². The second-order valence-corrected chi connectivity index (χ2v) is 5.16. The molecule has 0 spiro atoms. The van der Waals surface area contributed by atoms with Crippen LogP contribution in [0.3, 0.4) is 0 Å². The van der Waals surface area contributed by atoms with Gasteiger partial charge in [-0.1, -0.05) is 38.8 Å². The Morgan fingerprint density at radius 3 is 2.17 bits per heavy atom. The van der Waals surface area contributed by atoms with E-state index in [0.29, 0.717) is 13.1 Å². The molecule has 0 aromatic carbocycles. The van der Waals surface area contributed by atoms with Gasteiger partial charge in [0.25, 0.3) is 0 Å². The van der Waals surface area contributed by atoms with Gasteiger partial charge in [-0.2, -0.15) is 0 Å². The lowest BCUT2D eigenvalue weighted by Crippen LogP contribution is -2.44. The summed E-state index contributed by atoms with van der Waals surface area (Å²) < 4.78 is 0. The van der Waals surface area contributed by atoms with Crippen molar-refractivity contribution in [1.82, 2.24) is 10.2 Å². The highest BCUT2D eigenvalue weighted by Gasteiger charge is 2.13. The van der Waals surface area contributed by atoms with Gasteiger partial charge in [0.15, 0.2) is 0 Å². The Kier molecular flexibility index (Phi) is 9.07. The molecule has 1 unspecified atom stereocenters. The van der Waals surface area contributed by atoms with Crippen molar-refractivity contribution in [3.05, 3.63) is 25.3 Å². The first-order chi connectivity index (χ1) is 8.51. The molecular formula is C15H28N2O. The van der Waals surface area contributed by atoms with E-state index in [1.54, 1.807) is 17.1 Å². The number of carbonyl (C=O) groups is 1. The molecule has 1 N–H and O–H groups in total. The average molecular weight is 252 g/mol. The lowest BCUT2D eigenvalue weighted by atomic mass is 10.0. The zero-order valence-corrected chi connectivity index (χ0v) is 12.1. The Balaban J connectivity index is 4.02. The molecule has 3 heteroatoms. The molecule has 0 saturated carbocycles. The summed E-state index contributed by atoms with van der Waals surface area (Å²) in [5.41, 5.74) is 0. The maximum Gasteiger partial charge on any atom is 0.318 e. The molecule has 0 aromatic rings. The predicted molar refractivity (Wildman–Crippen MR) is 78.6 cm³/mol. The summed E-state index contributed by atoms with van der Waals surface area (Å²) in [6.07, 6.45) is 6.85. The van der Waals surface area contributed by atoms with Crippen LogP contribution in [0.2, 0.25) is 0 Å². The molecule has 104 valence electrons. The topological polar surface area (TPSA) is 32.3 Å². The van der Waals surface area contributed by atoms with E-state index in [-0.39, 0.29) is 12.1 Å². The highest BCUT2D eigenvalue weighted by atomic mass is 16.2. The van der Waals surface area contributed by atoms with E-state index < -0.39 is 0 Å². The summed E-state index contributed by atoms with van der Waals surface area (Å²) in [6.45, 7) is 14.9. The summed E-state index contributed by atoms with van der Waals surface area (Å²) in [6, 6.07) is 0.181. The third kappa shape index (κ3) is 7.93. The van der Waals surface area contributed by atoms with Crippen molar-refractivity contribution in [2.45, 2.75) is 46.1 Å². The average Bonchev–Trinajstić information content (AvgIpc) is 2.28. The van der Waals surface area contributed by atoms with Gasteiger partial charge in [-0.3, -0.25) is 0 Å². The maximum absolute atomic E-state index is 11.9. The predicted octanol–water partition coefficient (Wildman–Crippen LogP) is 3.58. The van der Waals surface area contributed by atoms with Gasteiger partial charge in [-0.25, -0.2) is 4.79 Å². The van der Waals surface area contributed by atoms with Crippen LogP contribution in [-0.4, -0.2) is 30.1 Å². The summed E-state index contributed by atoms with van der Waals surface area (Å²) in [7, 11) is 0. The lowest BCUT2D eigenvalue weighted by Gasteiger charge is -2.23. The minimum atomic E-state index is -0.0353. The van der Waals surface area contributed by atoms with Gasteiger partial charge >= 0.3 is 6.03 Å². The standard InChI is InChI=1S/C15H28N2O/c1-6-11-17(12-7-2)15(18)16-14(5)10-8-9-13(3)4/h6-7,13-14H,1-2,8-12H2,3-5H3,(H,16,18). The number of carbonyl (C=O) groups excluding carboxylic acids is 1. The van der Waals surface area contributed by atoms with E-state index in [0.717, 1.165) is 18.8 Å². The lowest BCUT2D eigenvalue weighted by molar-refractivity contribution is 0.204. The first kappa shape index (κ1) is 16.8. The summed E-state index contributed by atoms with van der Waals surface area (Å²) in [5.74, 6) is 0.728. The van der Waals surface area contributed by atoms with Gasteiger partial charge in [0.2, 0.25) is 0 Å². The Hall–Kier alpha value is -1.25. The third-order valence-corrected chi connectivity index (χ3v) is 2.77. The Bertz CT molecular complexity index is 251. The van der Waals surface area contributed by atoms with Crippen molar-refractivity contribution < 1.29 is 4.79 Å². The fraction of sp³-hybridized carbons (Fsp3) is 0.667. The van der Waals surface area contributed by atoms with Crippen molar-refractivity contribution in [2.24, 2.45) is 5.92 Å². The minimum Gasteiger partial charge on any atom is -0.336 e. The van der Waals surface area contributed by atoms with Crippen LogP contribution in [-0.2, 0) is 0 Å². The van der Waals surface area contributed by atoms with Crippen LogP contribution in [0.1, 0.15) is 40.0 Å². The molecule has 0 heterocycles. The zero-order chi connectivity index (χ0) is 14.0. The first-order valence-corrected chi connectivity index (χ1v) is 6.78. The van der Waals surface area contributed by atoms with Crippen molar-refractivity contribution in [1.29, 1.82) is 0 Å². The van der Waals surface area contributed by atoms with Gasteiger partial charge < -0.3 is 10.2 Å². The second kappa shape index (κ2) is 9.75. The zero-order valence-electron chi connectivity index (χ0n) is 12.1. The number of urea groups is 1. The largest absolute Gasteiger partial charge is 0.336 e. The quantitative estimate of drug-likeness (QED) is 0.625. The van der Waals surface area contributed by atoms with Crippen LogP contribution >= 0.6 is 0 Å². The fourth-order valence-electron chi connectivity index (χ4n) is 1.76. The van der Waals surface area contributed by atoms with E-state index in [4.69, 9.17) is 0 Å². The molecule has 18 heavy (non-hydrogen) atoms. The summed E-state index contributed by atoms with van der Waals surface area (Å²) in [5, 5.41) is 3.01. The fourth-order valence-corrected chi connectivity index (χ4v) is 1.76. The molecular weight excluding hydrogens is 224 g/mol. The number of amides is 2. The summed E-state index contributed by atoms with van der Waals surface area (Å²) >= 11 is 0. The Morgan fingerprint density at radius 1 is 1.17 bits per heavy atom. The molecule has 0 aliphatic carbocycles. The SMILES string of the molecule is C=CCN(CC=C)C(=O)NC(C)CCCC(C)C. The number of nitrogens with zero attached hydrogens (tertiary/aromatic N) is 1. The van der Waals surface area contributed by atoms with Crippen LogP contribution in [0.5, 0.6) is 0 Å². The highest BCUT2D eigenvalue weighted by Crippen LogP contribution is 2.08. The third-order valence-electron chi connectivity index (χ3n) is 2.77. The van der Waals surface area contributed by atoms with Gasteiger partial charge in [0.05, 0.1) is 0 Å². The normalized spacial score (nSPS) is 12.0. The van der Waals surface area contributed by atoms with E-state index in [1.165, 1.54) is 6.42 Å². The minimum absolute atomic E-state index is 0.0353. The number of hydrogen-bond donors (Lipinski definition) is 1. The summed E-state index contributed by atoms with van der Waals surface area (Å²) in [4.78, 5) is 13.6. The van der Waals surface area contributed by atoms with Crippen molar-refractivity contribution in [3.8, 4) is 0 Å². The molecule has 0 rings (SSSR count). The number of rotatable bonds is 9. The second-order valence-electron chi connectivity index (χ2n) is 5.16. The number of hydrogen-bond acceptors (Lipinski definition) is 1. The number of nitrogens with one attached hydrogen (secondary N) is 1. The molecule has 0 bridgehead atoms. The smallest absolute Gasteiger partial charge is 0.318 e. The molecule has 0 fully saturated rings. The van der Waals surface area contributed by atoms with Gasteiger partial charge in [-0.05, 0) is 19.3 Å².